The number of hydrogen-bond donors (Lipinski definition) is 0. The van der Waals surface area contributed by atoms with Crippen LogP contribution in [0.25, 0.3) is 22.6 Å². The highest BCUT2D eigenvalue weighted by atomic mass is 32.1. The van der Waals surface area contributed by atoms with Crippen LogP contribution in [0.5, 0.6) is 5.75 Å². The SMILES string of the molecule is Cc1nc(-c2ccc(-c3noc([C@H](C)Oc4ccccc4)n3)cc2)cs1. The number of para-hydroxylation sites is 1. The molecule has 0 saturated heterocycles. The van der Waals surface area contributed by atoms with Gasteiger partial charge in [-0.2, -0.15) is 4.98 Å². The van der Waals surface area contributed by atoms with Gasteiger partial charge in [-0.3, -0.25) is 0 Å². The summed E-state index contributed by atoms with van der Waals surface area (Å²) >= 11 is 1.64. The smallest absolute Gasteiger partial charge is 0.267 e. The lowest BCUT2D eigenvalue weighted by molar-refractivity contribution is 0.176. The maximum absolute atomic E-state index is 5.83. The fraction of sp³-hybridized carbons (Fsp3) is 0.150. The molecule has 0 fully saturated rings. The molecule has 0 radical (unpaired) electrons. The summed E-state index contributed by atoms with van der Waals surface area (Å²) in [6, 6.07) is 17.6. The third kappa shape index (κ3) is 3.50. The third-order valence-corrected chi connectivity index (χ3v) is 4.68. The highest BCUT2D eigenvalue weighted by Gasteiger charge is 2.17. The average Bonchev–Trinajstić information content (AvgIpc) is 3.32. The standard InChI is InChI=1S/C20H17N3O2S/c1-13(24-17-6-4-3-5-7-17)20-22-19(23-25-20)16-10-8-15(9-11-16)18-12-26-14(2)21-18/h3-13H,1-2H3/t13-/m0/s1. The van der Waals surface area contributed by atoms with Crippen molar-refractivity contribution in [1.82, 2.24) is 15.1 Å². The molecule has 1 atom stereocenters. The third-order valence-electron chi connectivity index (χ3n) is 3.90. The molecule has 2 aromatic carbocycles. The van der Waals surface area contributed by atoms with E-state index in [1.807, 2.05) is 68.4 Å². The number of aromatic nitrogens is 3. The lowest BCUT2D eigenvalue weighted by Gasteiger charge is -2.09. The van der Waals surface area contributed by atoms with Gasteiger partial charge in [-0.05, 0) is 26.0 Å². The van der Waals surface area contributed by atoms with Crippen LogP contribution in [0.1, 0.15) is 23.9 Å². The number of ether oxygens (including phenoxy) is 1. The summed E-state index contributed by atoms with van der Waals surface area (Å²) in [7, 11) is 0. The Morgan fingerprint density at radius 3 is 2.38 bits per heavy atom. The summed E-state index contributed by atoms with van der Waals surface area (Å²) in [4.78, 5) is 8.97. The molecule has 2 aromatic heterocycles. The van der Waals surface area contributed by atoms with E-state index in [0.29, 0.717) is 11.7 Å². The van der Waals surface area contributed by atoms with Crippen molar-refractivity contribution >= 4 is 11.3 Å². The molecule has 0 bridgehead atoms. The molecule has 0 N–H and O–H groups in total. The van der Waals surface area contributed by atoms with E-state index in [-0.39, 0.29) is 6.10 Å². The molecule has 0 aliphatic heterocycles. The molecule has 0 aliphatic carbocycles. The maximum atomic E-state index is 5.83. The molecule has 130 valence electrons. The van der Waals surface area contributed by atoms with Crippen molar-refractivity contribution in [3.63, 3.8) is 0 Å². The van der Waals surface area contributed by atoms with Crippen LogP contribution in [0.2, 0.25) is 0 Å². The van der Waals surface area contributed by atoms with Crippen molar-refractivity contribution in [2.45, 2.75) is 20.0 Å². The summed E-state index contributed by atoms with van der Waals surface area (Å²) in [5.74, 6) is 1.76. The van der Waals surface area contributed by atoms with E-state index in [1.54, 1.807) is 11.3 Å². The number of nitrogens with zero attached hydrogens (tertiary/aromatic N) is 3. The summed E-state index contributed by atoms with van der Waals surface area (Å²) in [5.41, 5.74) is 2.95. The molecule has 0 saturated carbocycles. The van der Waals surface area contributed by atoms with Crippen LogP contribution in [0.15, 0.2) is 64.5 Å². The fourth-order valence-corrected chi connectivity index (χ4v) is 3.18. The Hall–Kier alpha value is -2.99. The minimum absolute atomic E-state index is 0.323. The second-order valence-electron chi connectivity index (χ2n) is 5.86. The summed E-state index contributed by atoms with van der Waals surface area (Å²) in [5, 5.41) is 7.19. The molecule has 6 heteroatoms. The molecule has 4 aromatic rings. The molecular weight excluding hydrogens is 346 g/mol. The van der Waals surface area contributed by atoms with Crippen molar-refractivity contribution in [2.75, 3.05) is 0 Å². The molecule has 4 rings (SSSR count). The molecular formula is C20H17N3O2S. The minimum Gasteiger partial charge on any atom is -0.481 e. The van der Waals surface area contributed by atoms with Crippen LogP contribution >= 0.6 is 11.3 Å². The molecule has 0 unspecified atom stereocenters. The van der Waals surface area contributed by atoms with E-state index in [2.05, 4.69) is 20.5 Å². The predicted molar refractivity (Wildman–Crippen MR) is 101 cm³/mol. The van der Waals surface area contributed by atoms with E-state index < -0.39 is 0 Å². The van der Waals surface area contributed by atoms with Gasteiger partial charge in [0.2, 0.25) is 5.82 Å². The van der Waals surface area contributed by atoms with Crippen molar-refractivity contribution < 1.29 is 9.26 Å². The molecule has 26 heavy (non-hydrogen) atoms. The van der Waals surface area contributed by atoms with Crippen molar-refractivity contribution in [3.8, 4) is 28.4 Å². The number of benzene rings is 2. The molecule has 2 heterocycles. The van der Waals surface area contributed by atoms with E-state index >= 15 is 0 Å². The van der Waals surface area contributed by atoms with Gasteiger partial charge in [0, 0.05) is 16.5 Å². The molecule has 0 aliphatic rings. The Labute approximate surface area is 155 Å². The lowest BCUT2D eigenvalue weighted by atomic mass is 10.1. The lowest BCUT2D eigenvalue weighted by Crippen LogP contribution is -2.03. The van der Waals surface area contributed by atoms with E-state index in [4.69, 9.17) is 9.26 Å². The van der Waals surface area contributed by atoms with Gasteiger partial charge in [-0.1, -0.05) is 47.6 Å². The second-order valence-corrected chi connectivity index (χ2v) is 6.92. The Kier molecular flexibility index (Phi) is 4.50. The fourth-order valence-electron chi connectivity index (χ4n) is 2.56. The Morgan fingerprint density at radius 1 is 0.962 bits per heavy atom. The summed E-state index contributed by atoms with van der Waals surface area (Å²) in [6.07, 6.45) is -0.323. The van der Waals surface area contributed by atoms with Gasteiger partial charge in [0.05, 0.1) is 10.7 Å². The Bertz CT molecular complexity index is 993. The zero-order chi connectivity index (χ0) is 17.9. The van der Waals surface area contributed by atoms with E-state index in [1.165, 1.54) is 0 Å². The maximum Gasteiger partial charge on any atom is 0.267 e. The average molecular weight is 363 g/mol. The van der Waals surface area contributed by atoms with Crippen molar-refractivity contribution in [1.29, 1.82) is 0 Å². The minimum atomic E-state index is -0.323. The monoisotopic (exact) mass is 363 g/mol. The van der Waals surface area contributed by atoms with Crippen molar-refractivity contribution in [3.05, 3.63) is 70.9 Å². The van der Waals surface area contributed by atoms with Gasteiger partial charge < -0.3 is 9.26 Å². The van der Waals surface area contributed by atoms with Crippen LogP contribution in [0, 0.1) is 6.92 Å². The van der Waals surface area contributed by atoms with Crippen LogP contribution in [0.4, 0.5) is 0 Å². The summed E-state index contributed by atoms with van der Waals surface area (Å²) < 4.78 is 11.2. The topological polar surface area (TPSA) is 61.0 Å². The number of aryl methyl sites for hydroxylation is 1. The van der Waals surface area contributed by atoms with Gasteiger partial charge in [0.25, 0.3) is 5.89 Å². The predicted octanol–water partition coefficient (Wildman–Crippen LogP) is 5.31. The first-order chi connectivity index (χ1) is 12.7. The van der Waals surface area contributed by atoms with Crippen LogP contribution in [-0.4, -0.2) is 15.1 Å². The zero-order valence-electron chi connectivity index (χ0n) is 14.4. The van der Waals surface area contributed by atoms with Gasteiger partial charge in [0.15, 0.2) is 6.10 Å². The first-order valence-corrected chi connectivity index (χ1v) is 9.15. The van der Waals surface area contributed by atoms with E-state index in [9.17, 15) is 0 Å². The number of thiazole rings is 1. The Balaban J connectivity index is 1.50. The quantitative estimate of drug-likeness (QED) is 0.481. The number of hydrogen-bond acceptors (Lipinski definition) is 6. The van der Waals surface area contributed by atoms with Gasteiger partial charge >= 0.3 is 0 Å². The van der Waals surface area contributed by atoms with Crippen LogP contribution in [-0.2, 0) is 0 Å². The van der Waals surface area contributed by atoms with Gasteiger partial charge in [-0.15, -0.1) is 11.3 Å². The van der Waals surface area contributed by atoms with Crippen LogP contribution < -0.4 is 4.74 Å². The van der Waals surface area contributed by atoms with Gasteiger partial charge in [-0.25, -0.2) is 4.98 Å². The summed E-state index contributed by atoms with van der Waals surface area (Å²) in [6.45, 7) is 3.89. The van der Waals surface area contributed by atoms with Crippen molar-refractivity contribution in [2.24, 2.45) is 0 Å². The second kappa shape index (κ2) is 7.09. The largest absolute Gasteiger partial charge is 0.481 e. The number of rotatable bonds is 5. The molecule has 5 nitrogen and oxygen atoms in total. The van der Waals surface area contributed by atoms with Crippen LogP contribution in [0.3, 0.4) is 0 Å². The van der Waals surface area contributed by atoms with Gasteiger partial charge in [0.1, 0.15) is 5.75 Å². The zero-order valence-corrected chi connectivity index (χ0v) is 15.2. The first-order valence-electron chi connectivity index (χ1n) is 8.27. The van der Waals surface area contributed by atoms with E-state index in [0.717, 1.165) is 27.6 Å². The Morgan fingerprint density at radius 2 is 1.69 bits per heavy atom. The first kappa shape index (κ1) is 16.5. The molecule has 0 spiro atoms. The highest BCUT2D eigenvalue weighted by molar-refractivity contribution is 7.09. The normalized spacial score (nSPS) is 12.1. The molecule has 0 amide bonds. The highest BCUT2D eigenvalue weighted by Crippen LogP contribution is 2.26.